The summed E-state index contributed by atoms with van der Waals surface area (Å²) in [5.74, 6) is -2.34. The molecule has 0 saturated heterocycles. The minimum atomic E-state index is -2.76. The number of aryl methyl sites for hydroxylation is 1. The summed E-state index contributed by atoms with van der Waals surface area (Å²) in [5, 5.41) is 13.5. The van der Waals surface area contributed by atoms with Gasteiger partial charge in [-0.3, -0.25) is 4.90 Å². The van der Waals surface area contributed by atoms with Crippen LogP contribution in [0.2, 0.25) is 0 Å². The molecule has 1 N–H and O–H groups in total. The van der Waals surface area contributed by atoms with Crippen LogP contribution in [0.4, 0.5) is 19.4 Å². The molecule has 36 heavy (non-hydrogen) atoms. The number of thiazole rings is 1. The van der Waals surface area contributed by atoms with Crippen molar-refractivity contribution in [2.75, 3.05) is 4.90 Å². The first-order valence-electron chi connectivity index (χ1n) is 11.9. The molecule has 0 bridgehead atoms. The summed E-state index contributed by atoms with van der Waals surface area (Å²) in [7, 11) is 0. The predicted molar refractivity (Wildman–Crippen MR) is 134 cm³/mol. The molecule has 1 aliphatic rings. The highest BCUT2D eigenvalue weighted by atomic mass is 32.1. The number of ether oxygens (including phenoxy) is 1. The third-order valence-corrected chi connectivity index (χ3v) is 6.78. The van der Waals surface area contributed by atoms with E-state index in [0.717, 1.165) is 5.69 Å². The van der Waals surface area contributed by atoms with Gasteiger partial charge in [0.15, 0.2) is 10.8 Å². The molecule has 1 aromatic carbocycles. The maximum atomic E-state index is 14.0. The lowest BCUT2D eigenvalue weighted by Gasteiger charge is -2.37. The van der Waals surface area contributed by atoms with E-state index in [1.54, 1.807) is 45.0 Å². The van der Waals surface area contributed by atoms with Crippen molar-refractivity contribution in [3.05, 3.63) is 58.7 Å². The fourth-order valence-corrected chi connectivity index (χ4v) is 4.83. The molecule has 0 aliphatic heterocycles. The van der Waals surface area contributed by atoms with Crippen LogP contribution in [0.3, 0.4) is 0 Å². The van der Waals surface area contributed by atoms with E-state index in [-0.39, 0.29) is 43.0 Å². The van der Waals surface area contributed by atoms with Crippen LogP contribution in [0.25, 0.3) is 10.8 Å². The SMILES string of the molecule is Cc1csc(-c2nc(C(O)c3ccccc3)cc(N(C(=O)OC(C)(C)C)C3CCC(F)(F)CC3)n2)n1. The number of rotatable bonds is 5. The van der Waals surface area contributed by atoms with Gasteiger partial charge >= 0.3 is 6.09 Å². The zero-order chi connectivity index (χ0) is 26.1. The van der Waals surface area contributed by atoms with Crippen molar-refractivity contribution in [1.29, 1.82) is 0 Å². The molecule has 192 valence electrons. The Morgan fingerprint density at radius 2 is 1.83 bits per heavy atom. The number of hydrogen-bond acceptors (Lipinski definition) is 7. The van der Waals surface area contributed by atoms with Gasteiger partial charge in [0.2, 0.25) is 5.92 Å². The average Bonchev–Trinajstić information content (AvgIpc) is 3.25. The maximum absolute atomic E-state index is 14.0. The number of aliphatic hydroxyl groups excluding tert-OH is 1. The molecule has 7 nitrogen and oxygen atoms in total. The molecule has 1 amide bonds. The monoisotopic (exact) mass is 516 g/mol. The van der Waals surface area contributed by atoms with E-state index < -0.39 is 29.8 Å². The van der Waals surface area contributed by atoms with E-state index in [1.165, 1.54) is 22.3 Å². The van der Waals surface area contributed by atoms with Crippen LogP contribution in [-0.2, 0) is 4.74 Å². The summed E-state index contributed by atoms with van der Waals surface area (Å²) in [4.78, 5) is 28.4. The Labute approximate surface area is 213 Å². The third kappa shape index (κ3) is 6.22. The average molecular weight is 517 g/mol. The normalized spacial score (nSPS) is 17.0. The molecule has 1 fully saturated rings. The largest absolute Gasteiger partial charge is 0.443 e. The molecule has 0 spiro atoms. The van der Waals surface area contributed by atoms with Crippen molar-refractivity contribution in [2.45, 2.75) is 77.0 Å². The summed E-state index contributed by atoms with van der Waals surface area (Å²) >= 11 is 1.34. The van der Waals surface area contributed by atoms with Gasteiger partial charge in [-0.25, -0.2) is 28.5 Å². The minimum absolute atomic E-state index is 0.0957. The lowest BCUT2D eigenvalue weighted by molar-refractivity contribution is -0.0388. The second-order valence-corrected chi connectivity index (χ2v) is 10.9. The Morgan fingerprint density at radius 1 is 1.17 bits per heavy atom. The number of anilines is 1. The third-order valence-electron chi connectivity index (χ3n) is 5.83. The number of alkyl halides is 2. The van der Waals surface area contributed by atoms with Crippen molar-refractivity contribution >= 4 is 23.2 Å². The predicted octanol–water partition coefficient (Wildman–Crippen LogP) is 6.31. The van der Waals surface area contributed by atoms with Crippen LogP contribution >= 0.6 is 11.3 Å². The van der Waals surface area contributed by atoms with Crippen molar-refractivity contribution < 1.29 is 23.4 Å². The van der Waals surface area contributed by atoms with Gasteiger partial charge in [0.1, 0.15) is 17.5 Å². The Hall–Kier alpha value is -2.98. The number of hydrogen-bond donors (Lipinski definition) is 1. The molecule has 3 aromatic rings. The highest BCUT2D eigenvalue weighted by Gasteiger charge is 2.40. The van der Waals surface area contributed by atoms with Crippen LogP contribution in [0, 0.1) is 6.92 Å². The first-order chi connectivity index (χ1) is 16.9. The Bertz CT molecular complexity index is 1200. The Morgan fingerprint density at radius 3 is 2.42 bits per heavy atom. The van der Waals surface area contributed by atoms with Gasteiger partial charge in [0.05, 0.1) is 5.69 Å². The second kappa shape index (κ2) is 10.2. The molecule has 10 heteroatoms. The Balaban J connectivity index is 1.82. The lowest BCUT2D eigenvalue weighted by Crippen LogP contribution is -2.47. The number of halogens is 2. The van der Waals surface area contributed by atoms with E-state index in [1.807, 2.05) is 18.4 Å². The van der Waals surface area contributed by atoms with Gasteiger partial charge in [-0.2, -0.15) is 0 Å². The number of amides is 1. The van der Waals surface area contributed by atoms with E-state index in [0.29, 0.717) is 10.6 Å². The molecule has 0 radical (unpaired) electrons. The first-order valence-corrected chi connectivity index (χ1v) is 12.7. The van der Waals surface area contributed by atoms with Crippen molar-refractivity contribution in [1.82, 2.24) is 15.0 Å². The van der Waals surface area contributed by atoms with E-state index in [2.05, 4.69) is 15.0 Å². The van der Waals surface area contributed by atoms with E-state index >= 15 is 0 Å². The molecule has 4 rings (SSSR count). The van der Waals surface area contributed by atoms with Crippen LogP contribution in [0.1, 0.15) is 69.5 Å². The molecule has 1 saturated carbocycles. The maximum Gasteiger partial charge on any atom is 0.416 e. The summed E-state index contributed by atoms with van der Waals surface area (Å²) in [6, 6.07) is 9.99. The summed E-state index contributed by atoms with van der Waals surface area (Å²) < 4.78 is 33.6. The summed E-state index contributed by atoms with van der Waals surface area (Å²) in [6.07, 6.45) is -2.25. The number of aromatic nitrogens is 3. The minimum Gasteiger partial charge on any atom is -0.443 e. The van der Waals surface area contributed by atoms with Gasteiger partial charge in [-0.05, 0) is 46.1 Å². The van der Waals surface area contributed by atoms with Crippen molar-refractivity contribution in [3.63, 3.8) is 0 Å². The molecular formula is C26H30F2N4O3S. The second-order valence-electron chi connectivity index (χ2n) is 10.0. The molecule has 2 aromatic heterocycles. The number of carbonyl (C=O) groups is 1. The summed E-state index contributed by atoms with van der Waals surface area (Å²) in [6.45, 7) is 7.07. The number of benzene rings is 1. The van der Waals surface area contributed by atoms with Gasteiger partial charge < -0.3 is 9.84 Å². The number of nitrogens with zero attached hydrogens (tertiary/aromatic N) is 4. The summed E-state index contributed by atoms with van der Waals surface area (Å²) in [5.41, 5.74) is 0.865. The van der Waals surface area contributed by atoms with Crippen LogP contribution < -0.4 is 4.90 Å². The topological polar surface area (TPSA) is 88.4 Å². The first kappa shape index (κ1) is 26.1. The van der Waals surface area contributed by atoms with E-state index in [4.69, 9.17) is 4.74 Å². The molecule has 1 aliphatic carbocycles. The quantitative estimate of drug-likeness (QED) is 0.428. The van der Waals surface area contributed by atoms with Crippen molar-refractivity contribution in [3.8, 4) is 10.8 Å². The smallest absolute Gasteiger partial charge is 0.416 e. The lowest BCUT2D eigenvalue weighted by atomic mass is 9.91. The Kier molecular flexibility index (Phi) is 7.38. The van der Waals surface area contributed by atoms with Crippen LogP contribution in [0.5, 0.6) is 0 Å². The van der Waals surface area contributed by atoms with E-state index in [9.17, 15) is 18.7 Å². The number of aliphatic hydroxyl groups is 1. The van der Waals surface area contributed by atoms with Gasteiger partial charge in [0.25, 0.3) is 0 Å². The zero-order valence-corrected chi connectivity index (χ0v) is 21.6. The highest BCUT2D eigenvalue weighted by Crippen LogP contribution is 2.38. The molecule has 1 atom stereocenters. The highest BCUT2D eigenvalue weighted by molar-refractivity contribution is 7.13. The standard InChI is InChI=1S/C26H30F2N4O3S/c1-16-15-36-23(29-16)22-30-19(21(33)17-8-6-5-7-9-17)14-20(31-22)32(24(34)35-25(2,3)4)18-10-12-26(27,28)13-11-18/h5-9,14-15,18,21,33H,10-13H2,1-4H3. The van der Waals surface area contributed by atoms with Crippen molar-refractivity contribution in [2.24, 2.45) is 0 Å². The molecule has 2 heterocycles. The molecule has 1 unspecified atom stereocenters. The van der Waals surface area contributed by atoms with Crippen LogP contribution in [0.15, 0.2) is 41.8 Å². The fraction of sp³-hybridized carbons (Fsp3) is 0.462. The van der Waals surface area contributed by atoms with Crippen LogP contribution in [-0.4, -0.2) is 43.7 Å². The van der Waals surface area contributed by atoms with Gasteiger partial charge in [-0.15, -0.1) is 11.3 Å². The zero-order valence-electron chi connectivity index (χ0n) is 20.7. The van der Waals surface area contributed by atoms with Gasteiger partial charge in [0, 0.05) is 36.0 Å². The van der Waals surface area contributed by atoms with Gasteiger partial charge in [-0.1, -0.05) is 30.3 Å². The number of carbonyl (C=O) groups excluding carboxylic acids is 1. The molecular weight excluding hydrogens is 486 g/mol. The fourth-order valence-electron chi connectivity index (χ4n) is 4.10.